The van der Waals surface area contributed by atoms with Crippen LogP contribution in [0.15, 0.2) is 47.4 Å². The van der Waals surface area contributed by atoms with Crippen molar-refractivity contribution in [2.45, 2.75) is 4.90 Å². The lowest BCUT2D eigenvalue weighted by Gasteiger charge is -2.09. The van der Waals surface area contributed by atoms with E-state index in [1.165, 1.54) is 12.1 Å². The van der Waals surface area contributed by atoms with Crippen LogP contribution >= 0.6 is 0 Å². The highest BCUT2D eigenvalue weighted by molar-refractivity contribution is 7.90. The van der Waals surface area contributed by atoms with Crippen molar-refractivity contribution in [2.75, 3.05) is 18.4 Å². The van der Waals surface area contributed by atoms with Crippen molar-refractivity contribution in [3.05, 3.63) is 48.0 Å². The zero-order valence-electron chi connectivity index (χ0n) is 11.7. The largest absolute Gasteiger partial charge is 0.454 e. The van der Waals surface area contributed by atoms with Crippen molar-refractivity contribution in [1.82, 2.24) is 0 Å². The van der Waals surface area contributed by atoms with Crippen LogP contribution in [0.1, 0.15) is 10.4 Å². The van der Waals surface area contributed by atoms with Crippen molar-refractivity contribution < 1.29 is 22.7 Å². The average molecular weight is 319 g/mol. The summed E-state index contributed by atoms with van der Waals surface area (Å²) in [6.45, 7) is 0.143. The Morgan fingerprint density at radius 3 is 2.59 bits per heavy atom. The minimum atomic E-state index is -3.49. The fourth-order valence-corrected chi connectivity index (χ4v) is 3.04. The van der Waals surface area contributed by atoms with E-state index in [0.29, 0.717) is 17.2 Å². The molecule has 2 aromatic rings. The number of ether oxygens (including phenoxy) is 2. The van der Waals surface area contributed by atoms with E-state index >= 15 is 0 Å². The summed E-state index contributed by atoms with van der Waals surface area (Å²) in [7, 11) is -3.49. The number of rotatable bonds is 3. The van der Waals surface area contributed by atoms with Gasteiger partial charge in [0.05, 0.1) is 10.5 Å². The summed E-state index contributed by atoms with van der Waals surface area (Å²) < 4.78 is 33.9. The molecule has 3 rings (SSSR count). The highest BCUT2D eigenvalue weighted by Crippen LogP contribution is 2.34. The van der Waals surface area contributed by atoms with Gasteiger partial charge in [0.2, 0.25) is 6.79 Å². The second kappa shape index (κ2) is 5.34. The molecule has 22 heavy (non-hydrogen) atoms. The Bertz CT molecular complexity index is 845. The summed E-state index contributed by atoms with van der Waals surface area (Å²) in [6, 6.07) is 11.0. The van der Waals surface area contributed by atoms with Gasteiger partial charge in [-0.05, 0) is 24.3 Å². The van der Waals surface area contributed by atoms with E-state index in [2.05, 4.69) is 5.32 Å². The number of amides is 1. The molecule has 7 heteroatoms. The molecule has 0 saturated heterocycles. The monoisotopic (exact) mass is 319 g/mol. The molecule has 0 fully saturated rings. The number of anilines is 1. The molecule has 2 aromatic carbocycles. The second-order valence-corrected chi connectivity index (χ2v) is 6.77. The molecule has 0 atom stereocenters. The quantitative estimate of drug-likeness (QED) is 0.936. The van der Waals surface area contributed by atoms with Crippen LogP contribution in [-0.2, 0) is 9.84 Å². The third kappa shape index (κ3) is 2.75. The zero-order chi connectivity index (χ0) is 15.7. The molecular weight excluding hydrogens is 306 g/mol. The Labute approximate surface area is 127 Å². The topological polar surface area (TPSA) is 81.7 Å². The van der Waals surface area contributed by atoms with Gasteiger partial charge in [-0.2, -0.15) is 0 Å². The first-order valence-electron chi connectivity index (χ1n) is 6.45. The van der Waals surface area contributed by atoms with Gasteiger partial charge in [-0.15, -0.1) is 0 Å². The van der Waals surface area contributed by atoms with Gasteiger partial charge >= 0.3 is 0 Å². The van der Waals surface area contributed by atoms with Crippen molar-refractivity contribution in [3.63, 3.8) is 0 Å². The predicted octanol–water partition coefficient (Wildman–Crippen LogP) is 2.07. The molecule has 0 spiro atoms. The first-order chi connectivity index (χ1) is 10.4. The van der Waals surface area contributed by atoms with Crippen LogP contribution in [0.2, 0.25) is 0 Å². The van der Waals surface area contributed by atoms with Gasteiger partial charge in [0, 0.05) is 18.0 Å². The molecule has 1 aliphatic heterocycles. The van der Waals surface area contributed by atoms with Crippen LogP contribution in [0.25, 0.3) is 0 Å². The van der Waals surface area contributed by atoms with Gasteiger partial charge in [0.15, 0.2) is 21.3 Å². The van der Waals surface area contributed by atoms with Gasteiger partial charge in [-0.25, -0.2) is 8.42 Å². The summed E-state index contributed by atoms with van der Waals surface area (Å²) >= 11 is 0. The van der Waals surface area contributed by atoms with Crippen molar-refractivity contribution in [2.24, 2.45) is 0 Å². The van der Waals surface area contributed by atoms with Crippen LogP contribution in [-0.4, -0.2) is 27.4 Å². The number of hydrogen-bond donors (Lipinski definition) is 1. The molecule has 0 bridgehead atoms. The van der Waals surface area contributed by atoms with E-state index in [9.17, 15) is 13.2 Å². The number of nitrogens with one attached hydrogen (secondary N) is 1. The van der Waals surface area contributed by atoms with Crippen LogP contribution in [0.3, 0.4) is 0 Å². The van der Waals surface area contributed by atoms with Crippen LogP contribution in [0, 0.1) is 0 Å². The minimum Gasteiger partial charge on any atom is -0.454 e. The van der Waals surface area contributed by atoms with E-state index < -0.39 is 15.7 Å². The number of carbonyl (C=O) groups excluding carboxylic acids is 1. The standard InChI is InChI=1S/C15H13NO5S/c1-22(18,19)14-5-3-2-4-11(14)15(17)16-10-6-7-12-13(8-10)21-9-20-12/h2-8H,9H2,1H3,(H,16,17). The van der Waals surface area contributed by atoms with Crippen LogP contribution < -0.4 is 14.8 Å². The van der Waals surface area contributed by atoms with Crippen molar-refractivity contribution >= 4 is 21.4 Å². The molecule has 0 aliphatic carbocycles. The SMILES string of the molecule is CS(=O)(=O)c1ccccc1C(=O)Nc1ccc2c(c1)OCO2. The number of fused-ring (bicyclic) bond motifs is 1. The summed E-state index contributed by atoms with van der Waals surface area (Å²) in [5.74, 6) is 0.642. The van der Waals surface area contributed by atoms with Gasteiger partial charge in [0.25, 0.3) is 5.91 Å². The number of benzene rings is 2. The fourth-order valence-electron chi connectivity index (χ4n) is 2.15. The molecule has 6 nitrogen and oxygen atoms in total. The van der Waals surface area contributed by atoms with E-state index in [1.54, 1.807) is 30.3 Å². The zero-order valence-corrected chi connectivity index (χ0v) is 12.5. The van der Waals surface area contributed by atoms with Crippen molar-refractivity contribution in [1.29, 1.82) is 0 Å². The third-order valence-electron chi connectivity index (χ3n) is 3.16. The summed E-state index contributed by atoms with van der Waals surface area (Å²) in [5.41, 5.74) is 0.597. The maximum Gasteiger partial charge on any atom is 0.256 e. The van der Waals surface area contributed by atoms with Crippen LogP contribution in [0.5, 0.6) is 11.5 Å². The van der Waals surface area contributed by atoms with Gasteiger partial charge in [-0.3, -0.25) is 4.79 Å². The molecule has 114 valence electrons. The maximum atomic E-state index is 12.3. The number of sulfone groups is 1. The van der Waals surface area contributed by atoms with E-state index in [-0.39, 0.29) is 17.3 Å². The second-order valence-electron chi connectivity index (χ2n) is 4.79. The Balaban J connectivity index is 1.90. The highest BCUT2D eigenvalue weighted by atomic mass is 32.2. The molecule has 0 radical (unpaired) electrons. The summed E-state index contributed by atoms with van der Waals surface area (Å²) in [6.07, 6.45) is 1.07. The molecule has 1 aliphatic rings. The fraction of sp³-hybridized carbons (Fsp3) is 0.133. The Morgan fingerprint density at radius 1 is 1.09 bits per heavy atom. The Morgan fingerprint density at radius 2 is 1.82 bits per heavy atom. The minimum absolute atomic E-state index is 0.00626. The molecule has 1 N–H and O–H groups in total. The normalized spacial score (nSPS) is 13.0. The molecule has 1 amide bonds. The first kappa shape index (κ1) is 14.4. The van der Waals surface area contributed by atoms with Gasteiger partial charge < -0.3 is 14.8 Å². The number of hydrogen-bond acceptors (Lipinski definition) is 5. The Hall–Kier alpha value is -2.54. The summed E-state index contributed by atoms with van der Waals surface area (Å²) in [5, 5.41) is 2.66. The summed E-state index contributed by atoms with van der Waals surface area (Å²) in [4.78, 5) is 12.3. The first-order valence-corrected chi connectivity index (χ1v) is 8.34. The predicted molar refractivity (Wildman–Crippen MR) is 80.1 cm³/mol. The van der Waals surface area contributed by atoms with Gasteiger partial charge in [0.1, 0.15) is 0 Å². The van der Waals surface area contributed by atoms with Crippen LogP contribution in [0.4, 0.5) is 5.69 Å². The third-order valence-corrected chi connectivity index (χ3v) is 4.32. The van der Waals surface area contributed by atoms with Gasteiger partial charge in [-0.1, -0.05) is 12.1 Å². The highest BCUT2D eigenvalue weighted by Gasteiger charge is 2.19. The maximum absolute atomic E-state index is 12.3. The van der Waals surface area contributed by atoms with Crippen molar-refractivity contribution in [3.8, 4) is 11.5 Å². The Kier molecular flexibility index (Phi) is 3.50. The lowest BCUT2D eigenvalue weighted by Crippen LogP contribution is -2.15. The lowest BCUT2D eigenvalue weighted by molar-refractivity contribution is 0.102. The molecular formula is C15H13NO5S. The lowest BCUT2D eigenvalue weighted by atomic mass is 10.2. The molecule has 1 heterocycles. The smallest absolute Gasteiger partial charge is 0.256 e. The molecule has 0 unspecified atom stereocenters. The van der Waals surface area contributed by atoms with E-state index in [1.807, 2.05) is 0 Å². The van der Waals surface area contributed by atoms with E-state index in [4.69, 9.17) is 9.47 Å². The molecule has 0 saturated carbocycles. The van der Waals surface area contributed by atoms with E-state index in [0.717, 1.165) is 6.26 Å². The number of carbonyl (C=O) groups is 1. The molecule has 0 aromatic heterocycles. The average Bonchev–Trinajstić information content (AvgIpc) is 2.94.